The van der Waals surface area contributed by atoms with E-state index in [0.717, 1.165) is 17.5 Å². The van der Waals surface area contributed by atoms with Gasteiger partial charge in [-0.3, -0.25) is 9.59 Å². The predicted octanol–water partition coefficient (Wildman–Crippen LogP) is 5.12. The second kappa shape index (κ2) is 10.5. The topological polar surface area (TPSA) is 78.2 Å². The lowest BCUT2D eigenvalue weighted by molar-refractivity contribution is 0.0663. The molecule has 7 heteroatoms. The van der Waals surface area contributed by atoms with Crippen LogP contribution in [0.25, 0.3) is 11.0 Å². The summed E-state index contributed by atoms with van der Waals surface area (Å²) in [5, 5.41) is 0.466. The largest absolute Gasteiger partial charge is 0.490 e. The Labute approximate surface area is 205 Å². The van der Waals surface area contributed by atoms with E-state index in [0.29, 0.717) is 60.3 Å². The number of amides is 1. The van der Waals surface area contributed by atoms with Crippen LogP contribution < -0.4 is 14.9 Å². The zero-order valence-electron chi connectivity index (χ0n) is 21.1. The number of rotatable bonds is 10. The Balaban J connectivity index is 1.83. The standard InChI is InChI=1S/C28H33NO6/c1-6-33-23-16-19(8-10-22(23)34-13-11-17(2)3)25-24-26(30)20-15-18(4)7-9-21(20)35-27(24)28(31)29(25)12-14-32-5/h7-10,15-17,25H,6,11-14H2,1-5H3. The van der Waals surface area contributed by atoms with Gasteiger partial charge in [-0.1, -0.05) is 31.5 Å². The molecule has 1 atom stereocenters. The first kappa shape index (κ1) is 24.8. The van der Waals surface area contributed by atoms with Gasteiger partial charge in [-0.25, -0.2) is 0 Å². The van der Waals surface area contributed by atoms with Crippen LogP contribution in [0.2, 0.25) is 0 Å². The van der Waals surface area contributed by atoms with Crippen LogP contribution in [0, 0.1) is 12.8 Å². The number of aryl methyl sites for hydroxylation is 1. The Morgan fingerprint density at radius 2 is 1.83 bits per heavy atom. The van der Waals surface area contributed by atoms with Crippen molar-refractivity contribution in [3.63, 3.8) is 0 Å². The number of methoxy groups -OCH3 is 1. The lowest BCUT2D eigenvalue weighted by Crippen LogP contribution is -2.32. The van der Waals surface area contributed by atoms with E-state index in [1.165, 1.54) is 0 Å². The number of hydrogen-bond acceptors (Lipinski definition) is 6. The van der Waals surface area contributed by atoms with Crippen molar-refractivity contribution in [2.24, 2.45) is 5.92 Å². The molecule has 1 aliphatic rings. The zero-order valence-corrected chi connectivity index (χ0v) is 21.1. The van der Waals surface area contributed by atoms with Gasteiger partial charge in [-0.05, 0) is 56.0 Å². The maximum absolute atomic E-state index is 13.7. The Kier molecular flexibility index (Phi) is 7.45. The molecule has 1 unspecified atom stereocenters. The Hall–Kier alpha value is -3.32. The molecule has 2 aromatic carbocycles. The monoisotopic (exact) mass is 479 g/mol. The fourth-order valence-corrected chi connectivity index (χ4v) is 4.39. The summed E-state index contributed by atoms with van der Waals surface area (Å²) in [6.45, 7) is 9.82. The van der Waals surface area contributed by atoms with Gasteiger partial charge in [0.1, 0.15) is 5.58 Å². The molecule has 0 saturated carbocycles. The summed E-state index contributed by atoms with van der Waals surface area (Å²) >= 11 is 0. The zero-order chi connectivity index (χ0) is 25.1. The van der Waals surface area contributed by atoms with Crippen molar-refractivity contribution >= 4 is 16.9 Å². The summed E-state index contributed by atoms with van der Waals surface area (Å²) in [7, 11) is 1.58. The molecule has 1 amide bonds. The van der Waals surface area contributed by atoms with Crippen LogP contribution in [-0.2, 0) is 4.74 Å². The van der Waals surface area contributed by atoms with Crippen molar-refractivity contribution < 1.29 is 23.4 Å². The number of benzene rings is 2. The quantitative estimate of drug-likeness (QED) is 0.402. The normalized spacial score (nSPS) is 15.2. The summed E-state index contributed by atoms with van der Waals surface area (Å²) in [5.74, 6) is 1.52. The van der Waals surface area contributed by atoms with Crippen molar-refractivity contribution in [1.82, 2.24) is 4.90 Å². The van der Waals surface area contributed by atoms with Crippen LogP contribution in [0.5, 0.6) is 11.5 Å². The molecule has 0 saturated heterocycles. The van der Waals surface area contributed by atoms with Crippen molar-refractivity contribution in [2.45, 2.75) is 40.2 Å². The average molecular weight is 480 g/mol. The summed E-state index contributed by atoms with van der Waals surface area (Å²) in [6, 6.07) is 10.4. The maximum atomic E-state index is 13.7. The average Bonchev–Trinajstić information content (AvgIpc) is 3.11. The Morgan fingerprint density at radius 1 is 1.03 bits per heavy atom. The fraction of sp³-hybridized carbons (Fsp3) is 0.429. The maximum Gasteiger partial charge on any atom is 0.290 e. The molecule has 0 spiro atoms. The molecule has 0 radical (unpaired) electrons. The Morgan fingerprint density at radius 3 is 2.54 bits per heavy atom. The summed E-state index contributed by atoms with van der Waals surface area (Å²) in [5.41, 5.74) is 2.26. The molecule has 3 aromatic rings. The minimum absolute atomic E-state index is 0.0858. The van der Waals surface area contributed by atoms with Gasteiger partial charge in [-0.15, -0.1) is 0 Å². The van der Waals surface area contributed by atoms with Gasteiger partial charge < -0.3 is 23.5 Å². The highest BCUT2D eigenvalue weighted by atomic mass is 16.5. The molecule has 7 nitrogen and oxygen atoms in total. The first-order valence-corrected chi connectivity index (χ1v) is 12.1. The number of hydrogen-bond donors (Lipinski definition) is 0. The van der Waals surface area contributed by atoms with E-state index in [1.54, 1.807) is 24.1 Å². The molecule has 1 aliphatic heterocycles. The van der Waals surface area contributed by atoms with Crippen molar-refractivity contribution in [3.8, 4) is 11.5 Å². The van der Waals surface area contributed by atoms with Crippen molar-refractivity contribution in [1.29, 1.82) is 0 Å². The summed E-state index contributed by atoms with van der Waals surface area (Å²) in [6.07, 6.45) is 0.927. The number of ether oxygens (including phenoxy) is 3. The second-order valence-corrected chi connectivity index (χ2v) is 9.24. The number of fused-ring (bicyclic) bond motifs is 2. The SMILES string of the molecule is CCOc1cc(C2c3c(oc4ccc(C)cc4c3=O)C(=O)N2CCOC)ccc1OCCC(C)C. The minimum atomic E-state index is -0.613. The van der Waals surface area contributed by atoms with Crippen molar-refractivity contribution in [2.75, 3.05) is 33.5 Å². The van der Waals surface area contributed by atoms with Crippen LogP contribution >= 0.6 is 0 Å². The van der Waals surface area contributed by atoms with Gasteiger partial charge in [-0.2, -0.15) is 0 Å². The first-order chi connectivity index (χ1) is 16.8. The van der Waals surface area contributed by atoms with Crippen LogP contribution in [0.15, 0.2) is 45.6 Å². The van der Waals surface area contributed by atoms with E-state index in [2.05, 4.69) is 13.8 Å². The molecule has 4 rings (SSSR count). The highest BCUT2D eigenvalue weighted by Gasteiger charge is 2.42. The molecule has 186 valence electrons. The van der Waals surface area contributed by atoms with E-state index >= 15 is 0 Å². The van der Waals surface area contributed by atoms with Gasteiger partial charge in [0.25, 0.3) is 5.91 Å². The van der Waals surface area contributed by atoms with E-state index in [9.17, 15) is 9.59 Å². The lowest BCUT2D eigenvalue weighted by Gasteiger charge is -2.25. The lowest BCUT2D eigenvalue weighted by atomic mass is 9.97. The molecule has 0 bridgehead atoms. The van der Waals surface area contributed by atoms with Crippen LogP contribution in [0.3, 0.4) is 0 Å². The summed E-state index contributed by atoms with van der Waals surface area (Å²) < 4.78 is 23.1. The van der Waals surface area contributed by atoms with E-state index < -0.39 is 6.04 Å². The molecular weight excluding hydrogens is 446 g/mol. The number of carbonyl (C=O) groups is 1. The third-order valence-corrected chi connectivity index (χ3v) is 6.19. The third-order valence-electron chi connectivity index (χ3n) is 6.19. The molecular formula is C28H33NO6. The Bertz CT molecular complexity index is 1280. The van der Waals surface area contributed by atoms with Gasteiger partial charge in [0.05, 0.1) is 36.8 Å². The third kappa shape index (κ3) is 4.91. The molecule has 0 N–H and O–H groups in total. The van der Waals surface area contributed by atoms with Gasteiger partial charge in [0, 0.05) is 13.7 Å². The number of nitrogens with zero attached hydrogens (tertiary/aromatic N) is 1. The number of carbonyl (C=O) groups excluding carboxylic acids is 1. The molecule has 35 heavy (non-hydrogen) atoms. The molecule has 0 aliphatic carbocycles. The van der Waals surface area contributed by atoms with E-state index in [4.69, 9.17) is 18.6 Å². The van der Waals surface area contributed by atoms with Crippen molar-refractivity contribution in [3.05, 3.63) is 69.1 Å². The highest BCUT2D eigenvalue weighted by molar-refractivity contribution is 5.99. The van der Waals surface area contributed by atoms with Gasteiger partial charge in [0.15, 0.2) is 16.9 Å². The van der Waals surface area contributed by atoms with Crippen LogP contribution in [0.4, 0.5) is 0 Å². The van der Waals surface area contributed by atoms with Gasteiger partial charge >= 0.3 is 0 Å². The smallest absolute Gasteiger partial charge is 0.290 e. The van der Waals surface area contributed by atoms with Crippen LogP contribution in [0.1, 0.15) is 60.5 Å². The summed E-state index contributed by atoms with van der Waals surface area (Å²) in [4.78, 5) is 28.7. The van der Waals surface area contributed by atoms with E-state index in [1.807, 2.05) is 38.1 Å². The first-order valence-electron chi connectivity index (χ1n) is 12.1. The fourth-order valence-electron chi connectivity index (χ4n) is 4.39. The highest BCUT2D eigenvalue weighted by Crippen LogP contribution is 2.41. The second-order valence-electron chi connectivity index (χ2n) is 9.24. The molecule has 2 heterocycles. The van der Waals surface area contributed by atoms with Gasteiger partial charge in [0.2, 0.25) is 5.76 Å². The predicted molar refractivity (Wildman–Crippen MR) is 135 cm³/mol. The van der Waals surface area contributed by atoms with E-state index in [-0.39, 0.29) is 17.1 Å². The minimum Gasteiger partial charge on any atom is -0.490 e. The molecule has 0 fully saturated rings. The van der Waals surface area contributed by atoms with Crippen LogP contribution in [-0.4, -0.2) is 44.3 Å². The molecule has 1 aromatic heterocycles.